The van der Waals surface area contributed by atoms with Gasteiger partial charge in [-0.2, -0.15) is 0 Å². The van der Waals surface area contributed by atoms with Gasteiger partial charge in [0.05, 0.1) is 12.4 Å². The Hall–Kier alpha value is -3.25. The SMILES string of the molecule is NC(=O)c1cnc(N[C@@H]2CN(Cc3ccccc3)C[C@H]2c2ccccc2)cn1. The van der Waals surface area contributed by atoms with E-state index < -0.39 is 5.91 Å². The van der Waals surface area contributed by atoms with Crippen molar-refractivity contribution >= 4 is 11.7 Å². The molecule has 1 fully saturated rings. The molecule has 2 aromatic carbocycles. The number of hydrogen-bond donors (Lipinski definition) is 2. The van der Waals surface area contributed by atoms with Gasteiger partial charge in [-0.05, 0) is 11.1 Å². The quantitative estimate of drug-likeness (QED) is 0.694. The zero-order valence-corrected chi connectivity index (χ0v) is 15.5. The van der Waals surface area contributed by atoms with Crippen LogP contribution in [0.5, 0.6) is 0 Å². The van der Waals surface area contributed by atoms with Gasteiger partial charge in [-0.25, -0.2) is 9.97 Å². The molecular weight excluding hydrogens is 350 g/mol. The third kappa shape index (κ3) is 4.18. The highest BCUT2D eigenvalue weighted by Gasteiger charge is 2.34. The first-order chi connectivity index (χ1) is 13.7. The van der Waals surface area contributed by atoms with E-state index >= 15 is 0 Å². The number of rotatable bonds is 6. The van der Waals surface area contributed by atoms with Crippen LogP contribution in [-0.4, -0.2) is 39.9 Å². The van der Waals surface area contributed by atoms with Crippen molar-refractivity contribution in [2.45, 2.75) is 18.5 Å². The molecule has 3 N–H and O–H groups in total. The number of benzene rings is 2. The maximum absolute atomic E-state index is 11.2. The van der Waals surface area contributed by atoms with Crippen molar-refractivity contribution in [2.24, 2.45) is 5.73 Å². The molecule has 6 nitrogen and oxygen atoms in total. The summed E-state index contributed by atoms with van der Waals surface area (Å²) in [6, 6.07) is 21.2. The lowest BCUT2D eigenvalue weighted by molar-refractivity contribution is 0.0995. The summed E-state index contributed by atoms with van der Waals surface area (Å²) in [5.41, 5.74) is 8.03. The fourth-order valence-corrected chi connectivity index (χ4v) is 3.76. The summed E-state index contributed by atoms with van der Waals surface area (Å²) in [5, 5.41) is 3.50. The van der Waals surface area contributed by atoms with Gasteiger partial charge in [0.15, 0.2) is 0 Å². The molecule has 142 valence electrons. The first-order valence-corrected chi connectivity index (χ1v) is 9.38. The molecule has 2 heterocycles. The van der Waals surface area contributed by atoms with E-state index in [0.717, 1.165) is 19.6 Å². The fourth-order valence-electron chi connectivity index (χ4n) is 3.76. The summed E-state index contributed by atoms with van der Waals surface area (Å²) in [6.45, 7) is 2.77. The Morgan fingerprint density at radius 1 is 1.00 bits per heavy atom. The monoisotopic (exact) mass is 373 g/mol. The highest BCUT2D eigenvalue weighted by Crippen LogP contribution is 2.30. The molecule has 1 aromatic heterocycles. The molecular formula is C22H23N5O. The molecule has 0 unspecified atom stereocenters. The zero-order chi connectivity index (χ0) is 19.3. The third-order valence-electron chi connectivity index (χ3n) is 5.11. The van der Waals surface area contributed by atoms with E-state index in [1.54, 1.807) is 6.20 Å². The van der Waals surface area contributed by atoms with E-state index in [1.807, 2.05) is 12.1 Å². The van der Waals surface area contributed by atoms with Crippen LogP contribution in [0.3, 0.4) is 0 Å². The number of aromatic nitrogens is 2. The van der Waals surface area contributed by atoms with E-state index in [2.05, 4.69) is 68.7 Å². The summed E-state index contributed by atoms with van der Waals surface area (Å²) in [5.74, 6) is 0.413. The highest BCUT2D eigenvalue weighted by atomic mass is 16.1. The van der Waals surface area contributed by atoms with Crippen LogP contribution in [0.1, 0.15) is 27.5 Å². The Bertz CT molecular complexity index is 915. The Balaban J connectivity index is 1.52. The molecule has 1 amide bonds. The van der Waals surface area contributed by atoms with Crippen molar-refractivity contribution in [3.63, 3.8) is 0 Å². The number of anilines is 1. The molecule has 2 atom stereocenters. The molecule has 1 aliphatic rings. The van der Waals surface area contributed by atoms with Crippen molar-refractivity contribution < 1.29 is 4.79 Å². The average molecular weight is 373 g/mol. The minimum Gasteiger partial charge on any atom is -0.364 e. The summed E-state index contributed by atoms with van der Waals surface area (Å²) in [6.07, 6.45) is 2.99. The van der Waals surface area contributed by atoms with Gasteiger partial charge in [-0.1, -0.05) is 60.7 Å². The number of nitrogens with two attached hydrogens (primary N) is 1. The van der Waals surface area contributed by atoms with Crippen LogP contribution < -0.4 is 11.1 Å². The number of carbonyl (C=O) groups is 1. The van der Waals surface area contributed by atoms with Crippen LogP contribution >= 0.6 is 0 Å². The van der Waals surface area contributed by atoms with Gasteiger partial charge in [0, 0.05) is 31.6 Å². The van der Waals surface area contributed by atoms with Crippen molar-refractivity contribution in [1.29, 1.82) is 0 Å². The molecule has 0 radical (unpaired) electrons. The molecule has 4 rings (SSSR count). The summed E-state index contributed by atoms with van der Waals surface area (Å²) in [4.78, 5) is 22.1. The first-order valence-electron chi connectivity index (χ1n) is 9.38. The topological polar surface area (TPSA) is 84.1 Å². The molecule has 6 heteroatoms. The Labute approximate surface area is 164 Å². The van der Waals surface area contributed by atoms with Gasteiger partial charge in [0.25, 0.3) is 5.91 Å². The zero-order valence-electron chi connectivity index (χ0n) is 15.5. The molecule has 0 aliphatic carbocycles. The molecule has 0 saturated carbocycles. The largest absolute Gasteiger partial charge is 0.364 e. The number of nitrogens with one attached hydrogen (secondary N) is 1. The lowest BCUT2D eigenvalue weighted by atomic mass is 9.94. The number of carbonyl (C=O) groups excluding carboxylic acids is 1. The predicted molar refractivity (Wildman–Crippen MR) is 109 cm³/mol. The van der Waals surface area contributed by atoms with Crippen LogP contribution in [0.4, 0.5) is 5.82 Å². The molecule has 28 heavy (non-hydrogen) atoms. The Kier molecular flexibility index (Phi) is 5.30. The number of amides is 1. The lowest BCUT2D eigenvalue weighted by Crippen LogP contribution is -2.28. The van der Waals surface area contributed by atoms with Crippen molar-refractivity contribution in [2.75, 3.05) is 18.4 Å². The Morgan fingerprint density at radius 3 is 2.36 bits per heavy atom. The second-order valence-electron chi connectivity index (χ2n) is 7.10. The third-order valence-corrected chi connectivity index (χ3v) is 5.11. The van der Waals surface area contributed by atoms with Crippen LogP contribution in [0, 0.1) is 0 Å². The minimum atomic E-state index is -0.573. The smallest absolute Gasteiger partial charge is 0.268 e. The van der Waals surface area contributed by atoms with Gasteiger partial charge in [-0.3, -0.25) is 9.69 Å². The van der Waals surface area contributed by atoms with Crippen LogP contribution in [0.15, 0.2) is 73.1 Å². The molecule has 1 aliphatic heterocycles. The van der Waals surface area contributed by atoms with Crippen molar-refractivity contribution in [1.82, 2.24) is 14.9 Å². The standard InChI is InChI=1S/C22H23N5O/c23-22(28)19-11-25-21(12-24-19)26-20-15-27(13-16-7-3-1-4-8-16)14-18(20)17-9-5-2-6-10-17/h1-12,18,20H,13-15H2,(H2,23,28)(H,25,26)/t18-,20+/m0/s1. The van der Waals surface area contributed by atoms with Crippen LogP contribution in [-0.2, 0) is 6.54 Å². The molecule has 0 spiro atoms. The first kappa shape index (κ1) is 18.1. The number of primary amides is 1. The lowest BCUT2D eigenvalue weighted by Gasteiger charge is -2.20. The molecule has 3 aromatic rings. The van der Waals surface area contributed by atoms with Gasteiger partial charge >= 0.3 is 0 Å². The predicted octanol–water partition coefficient (Wildman–Crippen LogP) is 2.66. The van der Waals surface area contributed by atoms with E-state index in [1.165, 1.54) is 17.3 Å². The van der Waals surface area contributed by atoms with E-state index in [9.17, 15) is 4.79 Å². The minimum absolute atomic E-state index is 0.169. The van der Waals surface area contributed by atoms with Gasteiger partial charge in [0.2, 0.25) is 0 Å². The molecule has 0 bridgehead atoms. The average Bonchev–Trinajstić information content (AvgIpc) is 3.12. The number of nitrogens with zero attached hydrogens (tertiary/aromatic N) is 3. The number of hydrogen-bond acceptors (Lipinski definition) is 5. The normalized spacial score (nSPS) is 19.4. The van der Waals surface area contributed by atoms with E-state index in [4.69, 9.17) is 5.73 Å². The Morgan fingerprint density at radius 2 is 1.71 bits per heavy atom. The summed E-state index contributed by atoms with van der Waals surface area (Å²) in [7, 11) is 0. The summed E-state index contributed by atoms with van der Waals surface area (Å²) >= 11 is 0. The van der Waals surface area contributed by atoms with E-state index in [0.29, 0.717) is 11.7 Å². The van der Waals surface area contributed by atoms with E-state index in [-0.39, 0.29) is 11.7 Å². The maximum atomic E-state index is 11.2. The second kappa shape index (κ2) is 8.19. The second-order valence-corrected chi connectivity index (χ2v) is 7.10. The highest BCUT2D eigenvalue weighted by molar-refractivity contribution is 5.90. The van der Waals surface area contributed by atoms with Crippen molar-refractivity contribution in [3.8, 4) is 0 Å². The van der Waals surface area contributed by atoms with Crippen molar-refractivity contribution in [3.05, 3.63) is 89.9 Å². The van der Waals surface area contributed by atoms with Crippen LogP contribution in [0.2, 0.25) is 0 Å². The summed E-state index contributed by atoms with van der Waals surface area (Å²) < 4.78 is 0. The van der Waals surface area contributed by atoms with Crippen LogP contribution in [0.25, 0.3) is 0 Å². The maximum Gasteiger partial charge on any atom is 0.268 e. The molecule has 1 saturated heterocycles. The van der Waals surface area contributed by atoms with Gasteiger partial charge in [0.1, 0.15) is 11.5 Å². The number of likely N-dealkylation sites (tertiary alicyclic amines) is 1. The fraction of sp³-hybridized carbons (Fsp3) is 0.227. The van der Waals surface area contributed by atoms with Gasteiger partial charge < -0.3 is 11.1 Å². The van der Waals surface area contributed by atoms with Gasteiger partial charge in [-0.15, -0.1) is 0 Å².